The Morgan fingerprint density at radius 1 is 0.816 bits per heavy atom. The lowest BCUT2D eigenvalue weighted by Gasteiger charge is -2.40. The number of carbonyl (C=O) groups is 10. The summed E-state index contributed by atoms with van der Waals surface area (Å²) in [5.41, 5.74) is 6.78. The van der Waals surface area contributed by atoms with E-state index in [1.807, 2.05) is 51.1 Å². The summed E-state index contributed by atoms with van der Waals surface area (Å²) >= 11 is 0. The summed E-state index contributed by atoms with van der Waals surface area (Å²) < 4.78 is 63.1. The quantitative estimate of drug-likeness (QED) is 0.0192. The highest BCUT2D eigenvalue weighted by atomic mass is 19.4. The van der Waals surface area contributed by atoms with Crippen LogP contribution in [0.4, 0.5) is 22.0 Å². The van der Waals surface area contributed by atoms with Gasteiger partial charge in [0.2, 0.25) is 17.7 Å². The molecule has 0 radical (unpaired) electrons. The van der Waals surface area contributed by atoms with E-state index in [1.54, 1.807) is 24.6 Å². The van der Waals surface area contributed by atoms with Gasteiger partial charge in [-0.15, -0.1) is 0 Å². The number of imidazole rings is 1. The SMILES string of the molecule is CC(C)[C@H](CC(=O)CCCCCN1C(=O)C=CC1=O)C(=O)N[C@@H](C)C(=O)N[C@@H](CCCCCC(=O)[C@H]1CCC[C@H]1CC(=O)[C@@H](N)CCN(C(=O)CO)[C@@H](c1nc(-c2cc(F)ccc2F)cn1Cc1ccccc1)C(C)(C)C)C(=O)O.O=C(O)C(F)(F)F. The number of aromatic nitrogens is 2. The van der Waals surface area contributed by atoms with E-state index < -0.39 is 89.6 Å². The number of nitrogens with zero attached hydrogens (tertiary/aromatic N) is 4. The Morgan fingerprint density at radius 2 is 1.45 bits per heavy atom. The van der Waals surface area contributed by atoms with E-state index in [4.69, 9.17) is 20.6 Å². The van der Waals surface area contributed by atoms with Crippen molar-refractivity contribution in [3.8, 4) is 11.3 Å². The second kappa shape index (κ2) is 33.5. The van der Waals surface area contributed by atoms with Gasteiger partial charge in [0, 0.05) is 81.1 Å². The van der Waals surface area contributed by atoms with Crippen LogP contribution in [0, 0.1) is 40.7 Å². The molecule has 2 heterocycles. The minimum Gasteiger partial charge on any atom is -0.480 e. The van der Waals surface area contributed by atoms with Crippen LogP contribution in [0.1, 0.15) is 155 Å². The molecule has 1 aliphatic carbocycles. The number of unbranched alkanes of at least 4 members (excludes halogenated alkanes) is 4. The number of ketones is 3. The maximum Gasteiger partial charge on any atom is 0.490 e. The molecule has 87 heavy (non-hydrogen) atoms. The summed E-state index contributed by atoms with van der Waals surface area (Å²) in [6.07, 6.45) is 4.51. The number of Topliss-reactive ketones (excluding diaryl/α,β-unsaturated/α-hetero) is 3. The molecule has 25 heteroatoms. The normalized spacial score (nSPS) is 16.8. The average Bonchev–Trinajstić information content (AvgIpc) is 2.81. The number of imide groups is 1. The summed E-state index contributed by atoms with van der Waals surface area (Å²) in [5.74, 6) is -9.54. The molecule has 2 aliphatic rings. The molecule has 0 unspecified atom stereocenters. The van der Waals surface area contributed by atoms with Gasteiger partial charge in [-0.1, -0.05) is 90.6 Å². The van der Waals surface area contributed by atoms with Crippen molar-refractivity contribution in [3.63, 3.8) is 0 Å². The number of hydrogen-bond donors (Lipinski definition) is 6. The average molecular weight is 1230 g/mol. The van der Waals surface area contributed by atoms with Crippen LogP contribution in [0.3, 0.4) is 0 Å². The number of amides is 5. The van der Waals surface area contributed by atoms with Crippen LogP contribution >= 0.6 is 0 Å². The van der Waals surface area contributed by atoms with E-state index in [0.717, 1.165) is 35.1 Å². The highest BCUT2D eigenvalue weighted by molar-refractivity contribution is 6.12. The zero-order valence-electron chi connectivity index (χ0n) is 50.1. The monoisotopic (exact) mass is 1230 g/mol. The number of halogens is 5. The molecule has 20 nitrogen and oxygen atoms in total. The number of hydrogen-bond acceptors (Lipinski definition) is 13. The van der Waals surface area contributed by atoms with Crippen LogP contribution in [-0.2, 0) is 54.5 Å². The first kappa shape index (κ1) is 71.9. The van der Waals surface area contributed by atoms with E-state index >= 15 is 4.39 Å². The van der Waals surface area contributed by atoms with Gasteiger partial charge >= 0.3 is 18.1 Å². The van der Waals surface area contributed by atoms with E-state index in [1.165, 1.54) is 24.0 Å². The largest absolute Gasteiger partial charge is 0.490 e. The lowest BCUT2D eigenvalue weighted by atomic mass is 9.83. The second-order valence-electron chi connectivity index (χ2n) is 23.7. The molecule has 1 aliphatic heterocycles. The molecular weight excluding hydrogens is 1150 g/mol. The molecule has 478 valence electrons. The fourth-order valence-electron chi connectivity index (χ4n) is 10.8. The first-order valence-electron chi connectivity index (χ1n) is 29.3. The molecule has 7 atom stereocenters. The van der Waals surface area contributed by atoms with Crippen LogP contribution in [-0.4, -0.2) is 137 Å². The number of carboxylic acid groups (broad SMARTS) is 2. The van der Waals surface area contributed by atoms with Gasteiger partial charge in [-0.2, -0.15) is 13.2 Å². The lowest BCUT2D eigenvalue weighted by Crippen LogP contribution is -2.51. The Kier molecular flexibility index (Phi) is 27.7. The summed E-state index contributed by atoms with van der Waals surface area (Å²) in [6.45, 7) is 10.3. The van der Waals surface area contributed by atoms with Crippen molar-refractivity contribution < 1.29 is 85.2 Å². The number of benzene rings is 2. The molecule has 0 spiro atoms. The molecule has 0 bridgehead atoms. The summed E-state index contributed by atoms with van der Waals surface area (Å²) in [5, 5.41) is 32.5. The van der Waals surface area contributed by atoms with E-state index in [-0.39, 0.29) is 116 Å². The predicted octanol–water partition coefficient (Wildman–Crippen LogP) is 7.82. The van der Waals surface area contributed by atoms with Crippen molar-refractivity contribution in [1.29, 1.82) is 0 Å². The van der Waals surface area contributed by atoms with Crippen molar-refractivity contribution in [3.05, 3.63) is 89.9 Å². The maximum atomic E-state index is 15.2. The van der Waals surface area contributed by atoms with Gasteiger partial charge in [0.05, 0.1) is 17.8 Å². The van der Waals surface area contributed by atoms with Gasteiger partial charge in [0.15, 0.2) is 0 Å². The number of aliphatic carboxylic acids is 2. The molecule has 2 aromatic carbocycles. The minimum absolute atomic E-state index is 0.00233. The van der Waals surface area contributed by atoms with Crippen LogP contribution in [0.2, 0.25) is 0 Å². The van der Waals surface area contributed by atoms with Gasteiger partial charge in [0.1, 0.15) is 53.5 Å². The van der Waals surface area contributed by atoms with Crippen LogP contribution in [0.25, 0.3) is 11.3 Å². The first-order chi connectivity index (χ1) is 40.8. The smallest absolute Gasteiger partial charge is 0.480 e. The number of aliphatic hydroxyl groups is 1. The van der Waals surface area contributed by atoms with Crippen molar-refractivity contribution in [2.45, 2.75) is 175 Å². The fourth-order valence-corrected chi connectivity index (χ4v) is 10.8. The van der Waals surface area contributed by atoms with Crippen molar-refractivity contribution in [2.24, 2.45) is 34.8 Å². The molecule has 7 N–H and O–H groups in total. The Balaban J connectivity index is 0.00000217. The Hall–Kier alpha value is -7.54. The Bertz CT molecular complexity index is 2910. The number of carbonyl (C=O) groups excluding carboxylic acids is 8. The second-order valence-corrected chi connectivity index (χ2v) is 23.7. The van der Waals surface area contributed by atoms with Gasteiger partial charge in [-0.3, -0.25) is 43.3 Å². The van der Waals surface area contributed by atoms with Gasteiger partial charge < -0.3 is 41.2 Å². The number of alkyl halides is 3. The minimum atomic E-state index is -5.08. The molecular formula is C62H82F5N7O13. The summed E-state index contributed by atoms with van der Waals surface area (Å²) in [7, 11) is 0. The fraction of sp³-hybridized carbons (Fsp3) is 0.565. The number of aliphatic hydroxyl groups excluding tert-OH is 1. The van der Waals surface area contributed by atoms with Gasteiger partial charge in [-0.05, 0) is 92.9 Å². The molecule has 3 aromatic rings. The van der Waals surface area contributed by atoms with E-state index in [0.29, 0.717) is 57.2 Å². The zero-order valence-corrected chi connectivity index (χ0v) is 50.1. The number of rotatable bonds is 33. The zero-order chi connectivity index (χ0) is 64.9. The predicted molar refractivity (Wildman–Crippen MR) is 308 cm³/mol. The molecule has 1 aromatic heterocycles. The molecule has 5 amide bonds. The molecule has 5 rings (SSSR count). The van der Waals surface area contributed by atoms with Crippen LogP contribution < -0.4 is 16.4 Å². The highest BCUT2D eigenvalue weighted by Gasteiger charge is 2.41. The number of nitrogens with two attached hydrogens (primary N) is 1. The standard InChI is InChI=1S/C60H81F2N7O11.C2HF3O2/c1-37(2)44(33-42(71)20-12-9-15-29-68-52(74)26-27-53(68)75)58(78)64-38(3)57(77)66-48(59(79)80)22-13-8-14-23-50(72)43-21-16-19-40(43)31-51(73)47(63)28-30-69(54(76)36-70)55(60(4,5)6)56-65-49(45-32-41(61)24-25-46(45)62)35-67(56)34-39-17-10-7-11-18-39;3-2(4,5)1(6)7/h7,10-11,17-18,24-27,32,35,37-38,40,43-44,47-48,55,70H,8-9,12-16,19-23,28-31,33-34,36,63H2,1-6H3,(H,64,78)(H,66,77)(H,79,80);(H,6,7)/t38-,40-,43-,44-,47-,48-,55-;/m0./s1. The van der Waals surface area contributed by atoms with Crippen molar-refractivity contribution >= 4 is 58.8 Å². The van der Waals surface area contributed by atoms with E-state index in [9.17, 15) is 70.9 Å². The van der Waals surface area contributed by atoms with Crippen LogP contribution in [0.5, 0.6) is 0 Å². The molecule has 1 fully saturated rings. The summed E-state index contributed by atoms with van der Waals surface area (Å²) in [4.78, 5) is 132. The molecule has 0 saturated heterocycles. The Labute approximate surface area is 502 Å². The van der Waals surface area contributed by atoms with Crippen LogP contribution in [0.15, 0.2) is 66.9 Å². The molecule has 1 saturated carbocycles. The third-order valence-electron chi connectivity index (χ3n) is 15.5. The number of carboxylic acids is 2. The topological polar surface area (TPSA) is 306 Å². The summed E-state index contributed by atoms with van der Waals surface area (Å²) in [6, 6.07) is 8.30. The third-order valence-corrected chi connectivity index (χ3v) is 15.5. The lowest BCUT2D eigenvalue weighted by molar-refractivity contribution is -0.192. The Morgan fingerprint density at radius 3 is 2.05 bits per heavy atom. The number of nitrogens with one attached hydrogen (secondary N) is 2. The maximum absolute atomic E-state index is 15.2. The van der Waals surface area contributed by atoms with Gasteiger partial charge in [0.25, 0.3) is 11.8 Å². The highest BCUT2D eigenvalue weighted by Crippen LogP contribution is 2.40. The third kappa shape index (κ3) is 22.3. The first-order valence-corrected chi connectivity index (χ1v) is 29.3. The van der Waals surface area contributed by atoms with E-state index in [2.05, 4.69) is 10.6 Å². The van der Waals surface area contributed by atoms with Crippen molar-refractivity contribution in [2.75, 3.05) is 19.7 Å². The van der Waals surface area contributed by atoms with Gasteiger partial charge in [-0.25, -0.2) is 23.4 Å². The van der Waals surface area contributed by atoms with Crippen molar-refractivity contribution in [1.82, 2.24) is 30.0 Å².